The summed E-state index contributed by atoms with van der Waals surface area (Å²) in [6, 6.07) is 3.81. The maximum atomic E-state index is 11.4. The molecular formula is C9H9N3OS. The summed E-state index contributed by atoms with van der Waals surface area (Å²) in [6.45, 7) is 0.505. The van der Waals surface area contributed by atoms with E-state index in [1.165, 1.54) is 11.3 Å². The maximum Gasteiger partial charge on any atom is 0.280 e. The van der Waals surface area contributed by atoms with Crippen molar-refractivity contribution in [2.45, 2.75) is 6.54 Å². The number of hydrogen-bond acceptors (Lipinski definition) is 3. The van der Waals surface area contributed by atoms with E-state index in [0.717, 1.165) is 5.69 Å². The van der Waals surface area contributed by atoms with Gasteiger partial charge in [-0.05, 0) is 12.1 Å². The lowest BCUT2D eigenvalue weighted by Gasteiger charge is -1.99. The molecule has 2 heterocycles. The monoisotopic (exact) mass is 207 g/mol. The van der Waals surface area contributed by atoms with Gasteiger partial charge in [0.2, 0.25) is 0 Å². The molecule has 0 saturated heterocycles. The van der Waals surface area contributed by atoms with Crippen LogP contribution in [0.4, 0.5) is 0 Å². The van der Waals surface area contributed by atoms with Crippen molar-refractivity contribution in [2.75, 3.05) is 0 Å². The first kappa shape index (κ1) is 8.96. The molecule has 0 spiro atoms. The van der Waals surface area contributed by atoms with Gasteiger partial charge in [0.1, 0.15) is 0 Å². The third kappa shape index (κ3) is 2.00. The Balaban J connectivity index is 1.90. The van der Waals surface area contributed by atoms with Crippen LogP contribution in [0.1, 0.15) is 15.5 Å². The molecule has 0 aliphatic rings. The minimum Gasteiger partial charge on any atom is -0.364 e. The van der Waals surface area contributed by atoms with Crippen LogP contribution >= 0.6 is 11.3 Å². The van der Waals surface area contributed by atoms with Crippen LogP contribution < -0.4 is 5.32 Å². The molecule has 5 heteroatoms. The maximum absolute atomic E-state index is 11.4. The van der Waals surface area contributed by atoms with Gasteiger partial charge in [-0.15, -0.1) is 11.3 Å². The van der Waals surface area contributed by atoms with Gasteiger partial charge < -0.3 is 10.3 Å². The predicted molar refractivity (Wildman–Crippen MR) is 54.1 cm³/mol. The van der Waals surface area contributed by atoms with Crippen molar-refractivity contribution in [2.24, 2.45) is 0 Å². The van der Waals surface area contributed by atoms with Crippen LogP contribution in [0.15, 0.2) is 29.9 Å². The summed E-state index contributed by atoms with van der Waals surface area (Å²) in [5.41, 5.74) is 0.981. The molecule has 0 radical (unpaired) electrons. The first-order valence-electron chi connectivity index (χ1n) is 4.16. The van der Waals surface area contributed by atoms with Crippen molar-refractivity contribution < 1.29 is 4.79 Å². The molecule has 0 unspecified atom stereocenters. The van der Waals surface area contributed by atoms with Gasteiger partial charge in [-0.25, -0.2) is 4.98 Å². The average molecular weight is 207 g/mol. The van der Waals surface area contributed by atoms with Crippen LogP contribution in [0, 0.1) is 0 Å². The SMILES string of the molecule is O=C(NCc1ccc[nH]1)c1nccs1. The second kappa shape index (κ2) is 4.06. The molecular weight excluding hydrogens is 198 g/mol. The number of aromatic nitrogens is 2. The third-order valence-electron chi connectivity index (χ3n) is 1.73. The fraction of sp³-hybridized carbons (Fsp3) is 0.111. The van der Waals surface area contributed by atoms with E-state index < -0.39 is 0 Å². The van der Waals surface area contributed by atoms with E-state index in [1.807, 2.05) is 18.3 Å². The van der Waals surface area contributed by atoms with Crippen LogP contribution in [0.3, 0.4) is 0 Å². The highest BCUT2D eigenvalue weighted by Gasteiger charge is 2.06. The highest BCUT2D eigenvalue weighted by Crippen LogP contribution is 2.03. The van der Waals surface area contributed by atoms with Gasteiger partial charge in [0, 0.05) is 23.5 Å². The highest BCUT2D eigenvalue weighted by atomic mass is 32.1. The Labute approximate surface area is 85.0 Å². The number of amides is 1. The van der Waals surface area contributed by atoms with E-state index >= 15 is 0 Å². The van der Waals surface area contributed by atoms with Gasteiger partial charge >= 0.3 is 0 Å². The highest BCUT2D eigenvalue weighted by molar-refractivity contribution is 7.11. The van der Waals surface area contributed by atoms with Gasteiger partial charge in [-0.1, -0.05) is 0 Å². The van der Waals surface area contributed by atoms with Crippen molar-refractivity contribution in [1.29, 1.82) is 0 Å². The molecule has 0 saturated carbocycles. The molecule has 0 aliphatic heterocycles. The standard InChI is InChI=1S/C9H9N3OS/c13-8(9-11-4-5-14-9)12-6-7-2-1-3-10-7/h1-5,10H,6H2,(H,12,13). The molecule has 1 amide bonds. The molecule has 0 aliphatic carbocycles. The molecule has 2 aromatic heterocycles. The Bertz CT molecular complexity index is 394. The van der Waals surface area contributed by atoms with E-state index in [0.29, 0.717) is 11.6 Å². The first-order chi connectivity index (χ1) is 6.86. The number of nitrogens with zero attached hydrogens (tertiary/aromatic N) is 1. The molecule has 0 bridgehead atoms. The van der Waals surface area contributed by atoms with E-state index in [4.69, 9.17) is 0 Å². The second-order valence-corrected chi connectivity index (χ2v) is 3.61. The second-order valence-electron chi connectivity index (χ2n) is 2.72. The number of carbonyl (C=O) groups excluding carboxylic acids is 1. The number of hydrogen-bond donors (Lipinski definition) is 2. The summed E-state index contributed by atoms with van der Waals surface area (Å²) in [7, 11) is 0. The largest absolute Gasteiger partial charge is 0.364 e. The Hall–Kier alpha value is -1.62. The average Bonchev–Trinajstić information content (AvgIpc) is 2.87. The zero-order valence-corrected chi connectivity index (χ0v) is 8.17. The van der Waals surface area contributed by atoms with Crippen molar-refractivity contribution in [3.63, 3.8) is 0 Å². The summed E-state index contributed by atoms with van der Waals surface area (Å²) in [6.07, 6.45) is 3.44. The van der Waals surface area contributed by atoms with Crippen molar-refractivity contribution >= 4 is 17.2 Å². The minimum atomic E-state index is -0.130. The zero-order chi connectivity index (χ0) is 9.80. The summed E-state index contributed by atoms with van der Waals surface area (Å²) in [4.78, 5) is 18.3. The predicted octanol–water partition coefficient (Wildman–Crippen LogP) is 1.40. The lowest BCUT2D eigenvalue weighted by atomic mass is 10.4. The molecule has 2 rings (SSSR count). The summed E-state index contributed by atoms with van der Waals surface area (Å²) < 4.78 is 0. The van der Waals surface area contributed by atoms with Gasteiger partial charge in [0.05, 0.1) is 6.54 Å². The summed E-state index contributed by atoms with van der Waals surface area (Å²) in [5.74, 6) is -0.130. The van der Waals surface area contributed by atoms with E-state index in [1.54, 1.807) is 11.6 Å². The number of H-pyrrole nitrogens is 1. The van der Waals surface area contributed by atoms with Crippen LogP contribution in [0.25, 0.3) is 0 Å². The Kier molecular flexibility index (Phi) is 2.60. The Morgan fingerprint density at radius 1 is 1.64 bits per heavy atom. The Morgan fingerprint density at radius 2 is 2.57 bits per heavy atom. The molecule has 2 aromatic rings. The molecule has 14 heavy (non-hydrogen) atoms. The van der Waals surface area contributed by atoms with Gasteiger partial charge in [-0.3, -0.25) is 4.79 Å². The zero-order valence-electron chi connectivity index (χ0n) is 7.36. The van der Waals surface area contributed by atoms with E-state index in [2.05, 4.69) is 15.3 Å². The molecule has 0 aromatic carbocycles. The minimum absolute atomic E-state index is 0.130. The lowest BCUT2D eigenvalue weighted by molar-refractivity contribution is 0.0950. The third-order valence-corrected chi connectivity index (χ3v) is 2.50. The van der Waals surface area contributed by atoms with Gasteiger partial charge in [0.25, 0.3) is 5.91 Å². The number of thiazole rings is 1. The Morgan fingerprint density at radius 3 is 3.21 bits per heavy atom. The number of aromatic amines is 1. The summed E-state index contributed by atoms with van der Waals surface area (Å²) >= 11 is 1.33. The van der Waals surface area contributed by atoms with Crippen LogP contribution in [0.2, 0.25) is 0 Å². The molecule has 72 valence electrons. The van der Waals surface area contributed by atoms with Crippen LogP contribution in [-0.2, 0) is 6.54 Å². The van der Waals surface area contributed by atoms with Crippen LogP contribution in [-0.4, -0.2) is 15.9 Å². The van der Waals surface area contributed by atoms with E-state index in [-0.39, 0.29) is 5.91 Å². The van der Waals surface area contributed by atoms with Crippen molar-refractivity contribution in [3.8, 4) is 0 Å². The normalized spacial score (nSPS) is 10.0. The van der Waals surface area contributed by atoms with E-state index in [9.17, 15) is 4.79 Å². The molecule has 2 N–H and O–H groups in total. The first-order valence-corrected chi connectivity index (χ1v) is 5.04. The smallest absolute Gasteiger partial charge is 0.280 e. The van der Waals surface area contributed by atoms with Crippen LogP contribution in [0.5, 0.6) is 0 Å². The number of nitrogens with one attached hydrogen (secondary N) is 2. The topological polar surface area (TPSA) is 57.8 Å². The quantitative estimate of drug-likeness (QED) is 0.799. The fourth-order valence-corrected chi connectivity index (χ4v) is 1.62. The van der Waals surface area contributed by atoms with Gasteiger partial charge in [0.15, 0.2) is 5.01 Å². The summed E-state index contributed by atoms with van der Waals surface area (Å²) in [5, 5.41) is 5.04. The molecule has 0 atom stereocenters. The fourth-order valence-electron chi connectivity index (χ4n) is 1.06. The molecule has 4 nitrogen and oxygen atoms in total. The number of carbonyl (C=O) groups is 1. The van der Waals surface area contributed by atoms with Crippen molar-refractivity contribution in [3.05, 3.63) is 40.6 Å². The molecule has 0 fully saturated rings. The van der Waals surface area contributed by atoms with Gasteiger partial charge in [-0.2, -0.15) is 0 Å². The lowest BCUT2D eigenvalue weighted by Crippen LogP contribution is -2.22. The number of rotatable bonds is 3. The van der Waals surface area contributed by atoms with Crippen molar-refractivity contribution in [1.82, 2.24) is 15.3 Å².